The predicted molar refractivity (Wildman–Crippen MR) is 73.9 cm³/mol. The minimum absolute atomic E-state index is 0.0169. The van der Waals surface area contributed by atoms with Gasteiger partial charge in [0, 0.05) is 10.4 Å². The molecular formula is C14H17BrFNO. The molecule has 0 aliphatic heterocycles. The fourth-order valence-electron chi connectivity index (χ4n) is 2.37. The Morgan fingerprint density at radius 2 is 1.89 bits per heavy atom. The van der Waals surface area contributed by atoms with Crippen molar-refractivity contribution in [3.05, 3.63) is 28.5 Å². The average Bonchev–Trinajstić information content (AvgIpc) is 2.62. The van der Waals surface area contributed by atoms with Gasteiger partial charge in [-0.1, -0.05) is 25.7 Å². The van der Waals surface area contributed by atoms with Crippen molar-refractivity contribution in [1.82, 2.24) is 0 Å². The van der Waals surface area contributed by atoms with Crippen molar-refractivity contribution in [2.75, 3.05) is 5.32 Å². The van der Waals surface area contributed by atoms with E-state index in [2.05, 4.69) is 21.2 Å². The van der Waals surface area contributed by atoms with Gasteiger partial charge in [-0.3, -0.25) is 4.79 Å². The third kappa shape index (κ3) is 3.55. The average molecular weight is 314 g/mol. The Balaban J connectivity index is 2.03. The number of hydrogen-bond donors (Lipinski definition) is 1. The Morgan fingerprint density at radius 1 is 1.22 bits per heavy atom. The molecule has 2 rings (SSSR count). The van der Waals surface area contributed by atoms with E-state index in [1.165, 1.54) is 25.0 Å². The van der Waals surface area contributed by atoms with Crippen LogP contribution in [0.15, 0.2) is 22.7 Å². The molecule has 1 aliphatic carbocycles. The van der Waals surface area contributed by atoms with Crippen LogP contribution in [0.2, 0.25) is 0 Å². The maximum atomic E-state index is 13.1. The molecule has 98 valence electrons. The molecule has 0 bridgehead atoms. The van der Waals surface area contributed by atoms with Crippen LogP contribution in [-0.4, -0.2) is 5.91 Å². The van der Waals surface area contributed by atoms with Crippen LogP contribution in [0.1, 0.15) is 38.5 Å². The summed E-state index contributed by atoms with van der Waals surface area (Å²) in [6, 6.07) is 4.32. The molecule has 0 aromatic heterocycles. The highest BCUT2D eigenvalue weighted by Gasteiger charge is 2.20. The van der Waals surface area contributed by atoms with E-state index < -0.39 is 0 Å². The number of carbonyl (C=O) groups excluding carboxylic acids is 1. The first-order chi connectivity index (χ1) is 8.66. The van der Waals surface area contributed by atoms with Crippen molar-refractivity contribution in [3.63, 3.8) is 0 Å². The SMILES string of the molecule is O=C(Nc1cc(F)ccc1Br)C1CCCCCC1. The second kappa shape index (κ2) is 6.32. The van der Waals surface area contributed by atoms with E-state index in [0.29, 0.717) is 10.2 Å². The summed E-state index contributed by atoms with van der Waals surface area (Å²) in [4.78, 5) is 12.1. The zero-order valence-electron chi connectivity index (χ0n) is 10.2. The number of carbonyl (C=O) groups is 1. The van der Waals surface area contributed by atoms with Gasteiger partial charge in [-0.2, -0.15) is 0 Å². The van der Waals surface area contributed by atoms with Crippen molar-refractivity contribution in [3.8, 4) is 0 Å². The molecule has 1 fully saturated rings. The van der Waals surface area contributed by atoms with Crippen LogP contribution in [0, 0.1) is 11.7 Å². The number of halogens is 2. The lowest BCUT2D eigenvalue weighted by Crippen LogP contribution is -2.22. The Bertz CT molecular complexity index is 428. The monoisotopic (exact) mass is 313 g/mol. The molecule has 1 N–H and O–H groups in total. The van der Waals surface area contributed by atoms with Crippen LogP contribution in [0.5, 0.6) is 0 Å². The molecule has 1 aromatic carbocycles. The Morgan fingerprint density at radius 3 is 2.56 bits per heavy atom. The normalized spacial score (nSPS) is 17.2. The predicted octanol–water partition coefficient (Wildman–Crippen LogP) is 4.50. The van der Waals surface area contributed by atoms with E-state index in [4.69, 9.17) is 0 Å². The highest BCUT2D eigenvalue weighted by molar-refractivity contribution is 9.10. The van der Waals surface area contributed by atoms with Crippen LogP contribution in [0.3, 0.4) is 0 Å². The van der Waals surface area contributed by atoms with Crippen LogP contribution >= 0.6 is 15.9 Å². The van der Waals surface area contributed by atoms with Crippen molar-refractivity contribution in [2.45, 2.75) is 38.5 Å². The molecular weight excluding hydrogens is 297 g/mol. The van der Waals surface area contributed by atoms with E-state index in [1.807, 2.05) is 0 Å². The van der Waals surface area contributed by atoms with Crippen LogP contribution < -0.4 is 5.32 Å². The summed E-state index contributed by atoms with van der Waals surface area (Å²) in [5.74, 6) is -0.250. The molecule has 4 heteroatoms. The van der Waals surface area contributed by atoms with Gasteiger partial charge in [-0.05, 0) is 47.0 Å². The molecule has 0 radical (unpaired) electrons. The number of amides is 1. The molecule has 1 saturated carbocycles. The summed E-state index contributed by atoms with van der Waals surface area (Å²) < 4.78 is 13.8. The van der Waals surface area contributed by atoms with Gasteiger partial charge in [-0.25, -0.2) is 4.39 Å². The molecule has 1 amide bonds. The number of anilines is 1. The summed E-state index contributed by atoms with van der Waals surface area (Å²) in [7, 11) is 0. The van der Waals surface area contributed by atoms with Gasteiger partial charge < -0.3 is 5.32 Å². The first-order valence-corrected chi connectivity index (χ1v) is 7.22. The Hall–Kier alpha value is -0.900. The summed E-state index contributed by atoms with van der Waals surface area (Å²) >= 11 is 3.32. The van der Waals surface area contributed by atoms with E-state index in [-0.39, 0.29) is 17.6 Å². The topological polar surface area (TPSA) is 29.1 Å². The van der Waals surface area contributed by atoms with Gasteiger partial charge in [0.15, 0.2) is 0 Å². The van der Waals surface area contributed by atoms with E-state index >= 15 is 0 Å². The summed E-state index contributed by atoms with van der Waals surface area (Å²) in [5.41, 5.74) is 0.518. The Labute approximate surface area is 115 Å². The number of nitrogens with one attached hydrogen (secondary N) is 1. The molecule has 18 heavy (non-hydrogen) atoms. The molecule has 0 heterocycles. The van der Waals surface area contributed by atoms with E-state index in [9.17, 15) is 9.18 Å². The van der Waals surface area contributed by atoms with Gasteiger partial charge in [0.1, 0.15) is 5.82 Å². The molecule has 0 unspecified atom stereocenters. The second-order valence-electron chi connectivity index (χ2n) is 4.80. The summed E-state index contributed by atoms with van der Waals surface area (Å²) in [5, 5.41) is 2.82. The molecule has 0 atom stereocenters. The highest BCUT2D eigenvalue weighted by Crippen LogP contribution is 2.27. The van der Waals surface area contributed by atoms with Crippen LogP contribution in [0.4, 0.5) is 10.1 Å². The van der Waals surface area contributed by atoms with Gasteiger partial charge in [0.2, 0.25) is 5.91 Å². The smallest absolute Gasteiger partial charge is 0.227 e. The summed E-state index contributed by atoms with van der Waals surface area (Å²) in [6.07, 6.45) is 6.54. The number of rotatable bonds is 2. The maximum absolute atomic E-state index is 13.1. The van der Waals surface area contributed by atoms with E-state index in [1.54, 1.807) is 6.07 Å². The molecule has 1 aliphatic rings. The first-order valence-electron chi connectivity index (χ1n) is 6.43. The fraction of sp³-hybridized carbons (Fsp3) is 0.500. The lowest BCUT2D eigenvalue weighted by Gasteiger charge is -2.15. The second-order valence-corrected chi connectivity index (χ2v) is 5.66. The standard InChI is InChI=1S/C14H17BrFNO/c15-12-8-7-11(16)9-13(12)17-14(18)10-5-3-1-2-4-6-10/h7-10H,1-6H2,(H,17,18). The van der Waals surface area contributed by atoms with Gasteiger partial charge >= 0.3 is 0 Å². The molecule has 1 aromatic rings. The zero-order chi connectivity index (χ0) is 13.0. The minimum Gasteiger partial charge on any atom is -0.325 e. The lowest BCUT2D eigenvalue weighted by atomic mass is 9.99. The van der Waals surface area contributed by atoms with Gasteiger partial charge in [0.25, 0.3) is 0 Å². The quantitative estimate of drug-likeness (QED) is 0.800. The number of benzene rings is 1. The lowest BCUT2D eigenvalue weighted by molar-refractivity contribution is -0.120. The first kappa shape index (κ1) is 13.5. The fourth-order valence-corrected chi connectivity index (χ4v) is 2.72. The largest absolute Gasteiger partial charge is 0.325 e. The van der Waals surface area contributed by atoms with Crippen molar-refractivity contribution in [1.29, 1.82) is 0 Å². The van der Waals surface area contributed by atoms with Crippen LogP contribution in [0.25, 0.3) is 0 Å². The maximum Gasteiger partial charge on any atom is 0.227 e. The third-order valence-corrected chi connectivity index (χ3v) is 4.10. The highest BCUT2D eigenvalue weighted by atomic mass is 79.9. The van der Waals surface area contributed by atoms with Crippen LogP contribution in [-0.2, 0) is 4.79 Å². The van der Waals surface area contributed by atoms with E-state index in [0.717, 1.165) is 25.7 Å². The van der Waals surface area contributed by atoms with Gasteiger partial charge in [-0.15, -0.1) is 0 Å². The molecule has 0 spiro atoms. The van der Waals surface area contributed by atoms with Crippen molar-refractivity contribution < 1.29 is 9.18 Å². The zero-order valence-corrected chi connectivity index (χ0v) is 11.8. The summed E-state index contributed by atoms with van der Waals surface area (Å²) in [6.45, 7) is 0. The minimum atomic E-state index is -0.339. The molecule has 0 saturated heterocycles. The van der Waals surface area contributed by atoms with Gasteiger partial charge in [0.05, 0.1) is 5.69 Å². The van der Waals surface area contributed by atoms with Crippen molar-refractivity contribution >= 4 is 27.5 Å². The Kier molecular flexibility index (Phi) is 4.75. The molecule has 2 nitrogen and oxygen atoms in total. The number of hydrogen-bond acceptors (Lipinski definition) is 1. The third-order valence-electron chi connectivity index (χ3n) is 3.41. The van der Waals surface area contributed by atoms with Crippen molar-refractivity contribution in [2.24, 2.45) is 5.92 Å².